The second kappa shape index (κ2) is 8.47. The second-order valence-electron chi connectivity index (χ2n) is 6.12. The topological polar surface area (TPSA) is 86.7 Å². The molecule has 1 saturated carbocycles. The first-order valence-corrected chi connectivity index (χ1v) is 8.43. The van der Waals surface area contributed by atoms with Gasteiger partial charge in [0.1, 0.15) is 6.54 Å². The molecule has 0 atom stereocenters. The van der Waals surface area contributed by atoms with Gasteiger partial charge in [-0.15, -0.1) is 0 Å². The van der Waals surface area contributed by atoms with Gasteiger partial charge in [-0.2, -0.15) is 0 Å². The average molecular weight is 332 g/mol. The van der Waals surface area contributed by atoms with Gasteiger partial charge in [-0.1, -0.05) is 25.3 Å². The smallest absolute Gasteiger partial charge is 0.323 e. The monoisotopic (exact) mass is 332 g/mol. The maximum absolute atomic E-state index is 12.4. The van der Waals surface area contributed by atoms with E-state index < -0.39 is 5.97 Å². The van der Waals surface area contributed by atoms with Gasteiger partial charge in [-0.3, -0.25) is 14.4 Å². The molecule has 0 saturated heterocycles. The van der Waals surface area contributed by atoms with E-state index in [1.807, 2.05) is 0 Å². The highest BCUT2D eigenvalue weighted by atomic mass is 16.4. The zero-order valence-electron chi connectivity index (χ0n) is 14.0. The summed E-state index contributed by atoms with van der Waals surface area (Å²) < 4.78 is 0. The third kappa shape index (κ3) is 4.81. The van der Waals surface area contributed by atoms with Crippen LogP contribution in [0.25, 0.3) is 0 Å². The molecule has 6 heteroatoms. The molecule has 130 valence electrons. The van der Waals surface area contributed by atoms with Crippen molar-refractivity contribution in [3.8, 4) is 0 Å². The van der Waals surface area contributed by atoms with Crippen LogP contribution >= 0.6 is 0 Å². The first-order chi connectivity index (χ1) is 11.5. The highest BCUT2D eigenvalue weighted by Gasteiger charge is 2.22. The van der Waals surface area contributed by atoms with Crippen molar-refractivity contribution in [2.45, 2.75) is 39.0 Å². The van der Waals surface area contributed by atoms with Crippen molar-refractivity contribution < 1.29 is 19.5 Å². The first kappa shape index (κ1) is 18.0. The van der Waals surface area contributed by atoms with E-state index in [0.717, 1.165) is 25.7 Å². The van der Waals surface area contributed by atoms with Gasteiger partial charge in [0.25, 0.3) is 5.91 Å². The van der Waals surface area contributed by atoms with E-state index >= 15 is 0 Å². The van der Waals surface area contributed by atoms with Crippen molar-refractivity contribution in [1.29, 1.82) is 0 Å². The van der Waals surface area contributed by atoms with Crippen molar-refractivity contribution in [1.82, 2.24) is 4.90 Å². The third-order valence-electron chi connectivity index (χ3n) is 4.35. The molecule has 1 aromatic carbocycles. The molecular weight excluding hydrogens is 308 g/mol. The number of carboxylic acid groups (broad SMARTS) is 1. The SMILES string of the molecule is CCN(CC(=O)O)C(=O)c1cccc(NC(=O)C2CCCCC2)c1. The molecule has 2 amide bonds. The fraction of sp³-hybridized carbons (Fsp3) is 0.500. The van der Waals surface area contributed by atoms with Crippen LogP contribution in [0.5, 0.6) is 0 Å². The molecule has 0 aromatic heterocycles. The molecule has 0 heterocycles. The van der Waals surface area contributed by atoms with Crippen LogP contribution in [0.15, 0.2) is 24.3 Å². The minimum atomic E-state index is -1.05. The molecule has 6 nitrogen and oxygen atoms in total. The van der Waals surface area contributed by atoms with Crippen LogP contribution in [-0.4, -0.2) is 40.9 Å². The van der Waals surface area contributed by atoms with E-state index in [-0.39, 0.29) is 24.3 Å². The average Bonchev–Trinajstić information content (AvgIpc) is 2.60. The zero-order valence-corrected chi connectivity index (χ0v) is 14.0. The predicted molar refractivity (Wildman–Crippen MR) is 90.9 cm³/mol. The fourth-order valence-corrected chi connectivity index (χ4v) is 3.01. The number of hydrogen-bond donors (Lipinski definition) is 2. The molecule has 2 rings (SSSR count). The third-order valence-corrected chi connectivity index (χ3v) is 4.35. The molecule has 0 spiro atoms. The van der Waals surface area contributed by atoms with E-state index in [1.54, 1.807) is 31.2 Å². The van der Waals surface area contributed by atoms with Gasteiger partial charge in [0.2, 0.25) is 5.91 Å². The van der Waals surface area contributed by atoms with Crippen molar-refractivity contribution in [3.05, 3.63) is 29.8 Å². The number of anilines is 1. The summed E-state index contributed by atoms with van der Waals surface area (Å²) in [6, 6.07) is 6.67. The molecule has 1 aromatic rings. The van der Waals surface area contributed by atoms with Gasteiger partial charge in [0.05, 0.1) is 0 Å². The van der Waals surface area contributed by atoms with E-state index in [9.17, 15) is 14.4 Å². The Labute approximate surface area is 141 Å². The Hall–Kier alpha value is -2.37. The Balaban J connectivity index is 2.06. The number of likely N-dealkylation sites (N-methyl/N-ethyl adjacent to an activating group) is 1. The quantitative estimate of drug-likeness (QED) is 0.838. The summed E-state index contributed by atoms with van der Waals surface area (Å²) in [5, 5.41) is 11.8. The van der Waals surface area contributed by atoms with Crippen LogP contribution in [0, 0.1) is 5.92 Å². The fourth-order valence-electron chi connectivity index (χ4n) is 3.01. The summed E-state index contributed by atoms with van der Waals surface area (Å²) in [7, 11) is 0. The van der Waals surface area contributed by atoms with E-state index in [4.69, 9.17) is 5.11 Å². The highest BCUT2D eigenvalue weighted by Crippen LogP contribution is 2.25. The van der Waals surface area contributed by atoms with Gasteiger partial charge in [-0.25, -0.2) is 0 Å². The number of amides is 2. The van der Waals surface area contributed by atoms with Crippen molar-refractivity contribution in [2.24, 2.45) is 5.92 Å². The lowest BCUT2D eigenvalue weighted by molar-refractivity contribution is -0.137. The minimum Gasteiger partial charge on any atom is -0.480 e. The van der Waals surface area contributed by atoms with Crippen molar-refractivity contribution in [3.63, 3.8) is 0 Å². The Morgan fingerprint density at radius 1 is 1.21 bits per heavy atom. The summed E-state index contributed by atoms with van der Waals surface area (Å²) in [6.07, 6.45) is 5.16. The van der Waals surface area contributed by atoms with Gasteiger partial charge >= 0.3 is 5.97 Å². The molecule has 0 bridgehead atoms. The molecule has 1 aliphatic rings. The lowest BCUT2D eigenvalue weighted by atomic mass is 9.88. The Bertz CT molecular complexity index is 609. The van der Waals surface area contributed by atoms with E-state index in [2.05, 4.69) is 5.32 Å². The van der Waals surface area contributed by atoms with Crippen LogP contribution < -0.4 is 5.32 Å². The summed E-state index contributed by atoms with van der Waals surface area (Å²) in [4.78, 5) is 36.8. The number of carboxylic acids is 1. The van der Waals surface area contributed by atoms with E-state index in [1.165, 1.54) is 11.3 Å². The Morgan fingerprint density at radius 2 is 1.92 bits per heavy atom. The second-order valence-corrected chi connectivity index (χ2v) is 6.12. The van der Waals surface area contributed by atoms with E-state index in [0.29, 0.717) is 17.8 Å². The maximum Gasteiger partial charge on any atom is 0.323 e. The van der Waals surface area contributed by atoms with Gasteiger partial charge in [-0.05, 0) is 38.0 Å². The number of aliphatic carboxylic acids is 1. The molecule has 1 aliphatic carbocycles. The Kier molecular flexibility index (Phi) is 6.35. The van der Waals surface area contributed by atoms with Crippen molar-refractivity contribution >= 4 is 23.5 Å². The number of rotatable bonds is 6. The molecule has 0 unspecified atom stereocenters. The maximum atomic E-state index is 12.4. The van der Waals surface area contributed by atoms with Crippen LogP contribution in [0.2, 0.25) is 0 Å². The van der Waals surface area contributed by atoms with Crippen LogP contribution in [0.1, 0.15) is 49.4 Å². The minimum absolute atomic E-state index is 0.00261. The van der Waals surface area contributed by atoms with Crippen LogP contribution in [0.3, 0.4) is 0 Å². The molecule has 0 aliphatic heterocycles. The Morgan fingerprint density at radius 3 is 2.54 bits per heavy atom. The summed E-state index contributed by atoms with van der Waals surface area (Å²) >= 11 is 0. The zero-order chi connectivity index (χ0) is 17.5. The molecular formula is C18H24N2O4. The van der Waals surface area contributed by atoms with Crippen molar-refractivity contribution in [2.75, 3.05) is 18.4 Å². The normalized spacial score (nSPS) is 14.9. The number of carbonyl (C=O) groups is 3. The molecule has 0 radical (unpaired) electrons. The molecule has 1 fully saturated rings. The summed E-state index contributed by atoms with van der Waals surface area (Å²) in [5.41, 5.74) is 0.947. The van der Waals surface area contributed by atoms with Crippen LogP contribution in [-0.2, 0) is 9.59 Å². The largest absolute Gasteiger partial charge is 0.480 e. The number of hydrogen-bond acceptors (Lipinski definition) is 3. The van der Waals surface area contributed by atoms with Gasteiger partial charge in [0, 0.05) is 23.7 Å². The standard InChI is InChI=1S/C18H24N2O4/c1-2-20(12-16(21)22)18(24)14-9-6-10-15(11-14)19-17(23)13-7-4-3-5-8-13/h6,9-11,13H,2-5,7-8,12H2,1H3,(H,19,23)(H,21,22). The lowest BCUT2D eigenvalue weighted by Gasteiger charge is -2.21. The van der Waals surface area contributed by atoms with Gasteiger partial charge in [0.15, 0.2) is 0 Å². The highest BCUT2D eigenvalue weighted by molar-refractivity contribution is 5.98. The molecule has 24 heavy (non-hydrogen) atoms. The van der Waals surface area contributed by atoms with Gasteiger partial charge < -0.3 is 15.3 Å². The predicted octanol–water partition coefficient (Wildman–Crippen LogP) is 2.75. The first-order valence-electron chi connectivity index (χ1n) is 8.43. The summed E-state index contributed by atoms with van der Waals surface area (Å²) in [5.74, 6) is -1.37. The molecule has 2 N–H and O–H groups in total. The number of nitrogens with zero attached hydrogens (tertiary/aromatic N) is 1. The number of nitrogens with one attached hydrogen (secondary N) is 1. The van der Waals surface area contributed by atoms with Crippen LogP contribution in [0.4, 0.5) is 5.69 Å². The number of carbonyl (C=O) groups excluding carboxylic acids is 2. The summed E-state index contributed by atoms with van der Waals surface area (Å²) in [6.45, 7) is 1.70. The lowest BCUT2D eigenvalue weighted by Crippen LogP contribution is -2.35. The number of benzene rings is 1.